The van der Waals surface area contributed by atoms with Crippen molar-refractivity contribution in [1.29, 1.82) is 5.26 Å². The minimum Gasteiger partial charge on any atom is -0.489 e. The molecule has 0 aliphatic carbocycles. The second kappa shape index (κ2) is 12.6. The van der Waals surface area contributed by atoms with Crippen LogP contribution in [-0.4, -0.2) is 28.5 Å². The molecule has 2 heterocycles. The van der Waals surface area contributed by atoms with Crippen LogP contribution in [0, 0.1) is 11.3 Å². The van der Waals surface area contributed by atoms with Gasteiger partial charge < -0.3 is 9.64 Å². The second-order valence-electron chi connectivity index (χ2n) is 9.78. The Morgan fingerprint density at radius 2 is 1.74 bits per heavy atom. The first-order valence-electron chi connectivity index (χ1n) is 13.6. The van der Waals surface area contributed by atoms with Crippen LogP contribution in [0.5, 0.6) is 5.75 Å². The number of rotatable bonds is 8. The Hall–Kier alpha value is -4.45. The van der Waals surface area contributed by atoms with Gasteiger partial charge in [-0.3, -0.25) is 14.2 Å². The Bertz CT molecular complexity index is 1860. The van der Waals surface area contributed by atoms with Crippen molar-refractivity contribution in [2.45, 2.75) is 33.4 Å². The number of fused-ring (bicyclic) bond motifs is 1. The van der Waals surface area contributed by atoms with Gasteiger partial charge in [0.05, 0.1) is 33.5 Å². The number of hydrogen-bond donors (Lipinski definition) is 0. The molecule has 0 radical (unpaired) electrons. The Labute approximate surface area is 252 Å². The highest BCUT2D eigenvalue weighted by Crippen LogP contribution is 2.31. The highest BCUT2D eigenvalue weighted by Gasteiger charge is 2.34. The third kappa shape index (κ3) is 5.94. The molecule has 4 aromatic rings. The average molecular weight is 597 g/mol. The van der Waals surface area contributed by atoms with Gasteiger partial charge >= 0.3 is 0 Å². The number of carbonyl (C=O) groups is 1. The molecule has 3 aromatic carbocycles. The summed E-state index contributed by atoms with van der Waals surface area (Å²) in [7, 11) is 0. The maximum Gasteiger partial charge on any atom is 0.271 e. The molecule has 1 aliphatic heterocycles. The SMILES string of the molecule is CCN(CC)C(=O)C1=C(C)N=c2s/c(=C/c3ccc(OCc4ccc(C#N)cc4)cc3)c(=O)n2[C@H]1c1ccc(Cl)cc1. The van der Waals surface area contributed by atoms with E-state index in [4.69, 9.17) is 26.6 Å². The molecule has 1 atom stereocenters. The van der Waals surface area contributed by atoms with Crippen molar-refractivity contribution in [3.05, 3.63) is 131 Å². The lowest BCUT2D eigenvalue weighted by Gasteiger charge is -2.29. The Morgan fingerprint density at radius 1 is 1.07 bits per heavy atom. The van der Waals surface area contributed by atoms with Crippen LogP contribution in [0.25, 0.3) is 6.08 Å². The van der Waals surface area contributed by atoms with Gasteiger partial charge in [-0.15, -0.1) is 0 Å². The fourth-order valence-electron chi connectivity index (χ4n) is 4.89. The first-order chi connectivity index (χ1) is 20.3. The average Bonchev–Trinajstić information content (AvgIpc) is 3.31. The van der Waals surface area contributed by atoms with Gasteiger partial charge in [-0.1, -0.05) is 59.3 Å². The lowest BCUT2D eigenvalue weighted by molar-refractivity contribution is -0.127. The maximum absolute atomic E-state index is 13.9. The van der Waals surface area contributed by atoms with Crippen molar-refractivity contribution in [2.24, 2.45) is 4.99 Å². The first-order valence-corrected chi connectivity index (χ1v) is 14.8. The van der Waals surface area contributed by atoms with E-state index in [0.717, 1.165) is 16.7 Å². The fourth-order valence-corrected chi connectivity index (χ4v) is 6.06. The lowest BCUT2D eigenvalue weighted by atomic mass is 9.94. The molecule has 7 nitrogen and oxygen atoms in total. The van der Waals surface area contributed by atoms with E-state index in [1.165, 1.54) is 11.3 Å². The van der Waals surface area contributed by atoms with E-state index in [9.17, 15) is 9.59 Å². The molecule has 0 saturated heterocycles. The molecule has 1 aliphatic rings. The van der Waals surface area contributed by atoms with Gasteiger partial charge in [0.1, 0.15) is 12.4 Å². The Balaban J connectivity index is 1.48. The van der Waals surface area contributed by atoms with Gasteiger partial charge in [0.2, 0.25) is 0 Å². The van der Waals surface area contributed by atoms with E-state index in [0.29, 0.717) is 56.6 Å². The number of nitriles is 1. The van der Waals surface area contributed by atoms with Crippen LogP contribution in [0.15, 0.2) is 93.9 Å². The standard InChI is InChI=1S/C33H29ClN4O3S/c1-4-37(5-2)32(40)29-21(3)36-33-38(30(29)25-12-14-26(34)15-13-25)31(39)28(42-33)18-22-10-16-27(17-11-22)41-20-24-8-6-23(19-35)7-9-24/h6-18,30H,4-5,20H2,1-3H3/b28-18+/t30-/m0/s1. The Kier molecular flexibility index (Phi) is 8.72. The van der Waals surface area contributed by atoms with Crippen molar-refractivity contribution < 1.29 is 9.53 Å². The zero-order valence-corrected chi connectivity index (χ0v) is 25.1. The van der Waals surface area contributed by atoms with E-state index in [-0.39, 0.29) is 11.5 Å². The van der Waals surface area contributed by atoms with Crippen LogP contribution in [0.3, 0.4) is 0 Å². The van der Waals surface area contributed by atoms with Crippen LogP contribution in [-0.2, 0) is 11.4 Å². The van der Waals surface area contributed by atoms with Crippen LogP contribution < -0.4 is 19.6 Å². The number of hydrogen-bond acceptors (Lipinski definition) is 6. The molecule has 0 spiro atoms. The predicted octanol–water partition coefficient (Wildman–Crippen LogP) is 5.21. The summed E-state index contributed by atoms with van der Waals surface area (Å²) in [5, 5.41) is 9.54. The summed E-state index contributed by atoms with van der Waals surface area (Å²) >= 11 is 7.48. The zero-order chi connectivity index (χ0) is 29.8. The number of likely N-dealkylation sites (N-methyl/N-ethyl adjacent to an activating group) is 1. The fraction of sp³-hybridized carbons (Fsp3) is 0.212. The lowest BCUT2D eigenvalue weighted by Crippen LogP contribution is -2.43. The zero-order valence-electron chi connectivity index (χ0n) is 23.5. The minimum absolute atomic E-state index is 0.132. The Morgan fingerprint density at radius 3 is 2.36 bits per heavy atom. The van der Waals surface area contributed by atoms with Gasteiger partial charge in [-0.25, -0.2) is 4.99 Å². The van der Waals surface area contributed by atoms with E-state index >= 15 is 0 Å². The first kappa shape index (κ1) is 29.1. The predicted molar refractivity (Wildman–Crippen MR) is 165 cm³/mol. The van der Waals surface area contributed by atoms with Gasteiger partial charge in [-0.2, -0.15) is 5.26 Å². The number of allylic oxidation sites excluding steroid dienone is 1. The van der Waals surface area contributed by atoms with Crippen molar-refractivity contribution >= 4 is 34.9 Å². The number of amides is 1. The highest BCUT2D eigenvalue weighted by molar-refractivity contribution is 7.07. The topological polar surface area (TPSA) is 87.7 Å². The number of carbonyl (C=O) groups excluding carboxylic acids is 1. The van der Waals surface area contributed by atoms with E-state index in [1.807, 2.05) is 75.4 Å². The third-order valence-electron chi connectivity index (χ3n) is 7.15. The van der Waals surface area contributed by atoms with Gasteiger partial charge in [-0.05, 0) is 79.9 Å². The number of halogens is 1. The number of thiazole rings is 1. The van der Waals surface area contributed by atoms with Gasteiger partial charge in [0.25, 0.3) is 11.5 Å². The maximum atomic E-state index is 13.9. The summed E-state index contributed by atoms with van der Waals surface area (Å²) in [4.78, 5) is 34.6. The smallest absolute Gasteiger partial charge is 0.271 e. The van der Waals surface area contributed by atoms with Crippen LogP contribution >= 0.6 is 22.9 Å². The molecular formula is C33H29ClN4O3S. The van der Waals surface area contributed by atoms with E-state index < -0.39 is 6.04 Å². The largest absolute Gasteiger partial charge is 0.489 e. The molecule has 0 unspecified atom stereocenters. The molecule has 0 fully saturated rings. The van der Waals surface area contributed by atoms with Crippen LogP contribution in [0.2, 0.25) is 5.02 Å². The molecule has 0 saturated carbocycles. The van der Waals surface area contributed by atoms with E-state index in [1.54, 1.807) is 33.7 Å². The summed E-state index contributed by atoms with van der Waals surface area (Å²) < 4.78 is 8.03. The van der Waals surface area contributed by atoms with Crippen LogP contribution in [0.1, 0.15) is 49.1 Å². The third-order valence-corrected chi connectivity index (χ3v) is 8.39. The second-order valence-corrected chi connectivity index (χ2v) is 11.2. The number of nitrogens with zero attached hydrogens (tertiary/aromatic N) is 4. The molecule has 42 heavy (non-hydrogen) atoms. The summed E-state index contributed by atoms with van der Waals surface area (Å²) in [6, 6.07) is 23.5. The van der Waals surface area contributed by atoms with Crippen molar-refractivity contribution in [3.63, 3.8) is 0 Å². The summed E-state index contributed by atoms with van der Waals surface area (Å²) in [6.07, 6.45) is 1.83. The molecule has 5 rings (SSSR count). The van der Waals surface area contributed by atoms with E-state index in [2.05, 4.69) is 6.07 Å². The normalized spacial score (nSPS) is 14.6. The molecule has 212 valence electrons. The molecule has 0 bridgehead atoms. The summed E-state index contributed by atoms with van der Waals surface area (Å²) in [5.41, 5.74) is 4.08. The van der Waals surface area contributed by atoms with Crippen molar-refractivity contribution in [3.8, 4) is 11.8 Å². The monoisotopic (exact) mass is 596 g/mol. The molecule has 1 amide bonds. The van der Waals surface area contributed by atoms with Crippen LogP contribution in [0.4, 0.5) is 0 Å². The number of aromatic nitrogens is 1. The van der Waals surface area contributed by atoms with Gasteiger partial charge in [0.15, 0.2) is 4.80 Å². The minimum atomic E-state index is -0.619. The summed E-state index contributed by atoms with van der Waals surface area (Å²) in [5.74, 6) is 0.558. The van der Waals surface area contributed by atoms with Gasteiger partial charge in [0, 0.05) is 18.1 Å². The number of ether oxygens (including phenoxy) is 1. The van der Waals surface area contributed by atoms with Crippen molar-refractivity contribution in [1.82, 2.24) is 9.47 Å². The molecule has 1 aromatic heterocycles. The summed E-state index contributed by atoms with van der Waals surface area (Å²) in [6.45, 7) is 7.18. The molecule has 0 N–H and O–H groups in total. The highest BCUT2D eigenvalue weighted by atomic mass is 35.5. The van der Waals surface area contributed by atoms with Crippen molar-refractivity contribution in [2.75, 3.05) is 13.1 Å². The molecule has 9 heteroatoms. The number of benzene rings is 3. The molecular weight excluding hydrogens is 568 g/mol. The quantitative estimate of drug-likeness (QED) is 0.279.